The van der Waals surface area contributed by atoms with Crippen LogP contribution in [0, 0.1) is 0 Å². The Morgan fingerprint density at radius 2 is 2.62 bits per heavy atom. The molecule has 0 aliphatic rings. The molecule has 0 aliphatic heterocycles. The second-order valence-corrected chi connectivity index (χ2v) is 1.67. The van der Waals surface area contributed by atoms with Crippen LogP contribution in [0.4, 0.5) is 0 Å². The summed E-state index contributed by atoms with van der Waals surface area (Å²) in [4.78, 5) is 0. The van der Waals surface area contributed by atoms with Crippen molar-refractivity contribution >= 4 is 0 Å². The molecule has 3 heteroatoms. The van der Waals surface area contributed by atoms with Crippen molar-refractivity contribution in [3.8, 4) is 0 Å². The summed E-state index contributed by atoms with van der Waals surface area (Å²) < 4.78 is 0. The normalized spacial score (nSPS) is 13.8. The van der Waals surface area contributed by atoms with Gasteiger partial charge in [-0.15, -0.1) is 0 Å². The Morgan fingerprint density at radius 3 is 2.88 bits per heavy atom. The Kier molecular flexibility index (Phi) is 1.30. The van der Waals surface area contributed by atoms with Crippen molar-refractivity contribution in [1.82, 2.24) is 10.2 Å². The van der Waals surface area contributed by atoms with Crippen LogP contribution >= 0.6 is 0 Å². The summed E-state index contributed by atoms with van der Waals surface area (Å²) in [5.41, 5.74) is 0.713. The van der Waals surface area contributed by atoms with E-state index in [2.05, 4.69) is 10.2 Å². The standard InChI is InChI=1S/C5H7N2O/c1-4(8)5-2-6-7-3-5/h2-4H,1H3,(H,6,7). The first-order chi connectivity index (χ1) is 3.80. The molecule has 43 valence electrons. The third kappa shape index (κ3) is 0.869. The van der Waals surface area contributed by atoms with Crippen LogP contribution in [0.5, 0.6) is 0 Å². The van der Waals surface area contributed by atoms with E-state index < -0.39 is 6.10 Å². The maximum absolute atomic E-state index is 10.5. The molecule has 1 N–H and O–H groups in total. The van der Waals surface area contributed by atoms with Gasteiger partial charge < -0.3 is 0 Å². The largest absolute Gasteiger partial charge is 0.285 e. The molecule has 1 aromatic rings. The highest BCUT2D eigenvalue weighted by molar-refractivity contribution is 5.04. The fraction of sp³-hybridized carbons (Fsp3) is 0.400. The van der Waals surface area contributed by atoms with Gasteiger partial charge in [0.15, 0.2) is 0 Å². The minimum atomic E-state index is -0.659. The summed E-state index contributed by atoms with van der Waals surface area (Å²) in [6.07, 6.45) is 2.49. The van der Waals surface area contributed by atoms with Gasteiger partial charge in [-0.1, -0.05) is 0 Å². The molecule has 1 aromatic heterocycles. The summed E-state index contributed by atoms with van der Waals surface area (Å²) in [7, 11) is 0. The highest BCUT2D eigenvalue weighted by Gasteiger charge is 2.00. The Labute approximate surface area is 47.4 Å². The average Bonchev–Trinajstić information content (AvgIpc) is 2.12. The summed E-state index contributed by atoms with van der Waals surface area (Å²) >= 11 is 0. The third-order valence-electron chi connectivity index (χ3n) is 0.989. The van der Waals surface area contributed by atoms with Crippen LogP contribution in [0.15, 0.2) is 12.4 Å². The quantitative estimate of drug-likeness (QED) is 0.575. The van der Waals surface area contributed by atoms with Gasteiger partial charge >= 0.3 is 0 Å². The van der Waals surface area contributed by atoms with Crippen LogP contribution in [0.3, 0.4) is 0 Å². The molecule has 0 bridgehead atoms. The van der Waals surface area contributed by atoms with Crippen molar-refractivity contribution < 1.29 is 5.11 Å². The molecule has 0 saturated carbocycles. The van der Waals surface area contributed by atoms with Gasteiger partial charge in [0, 0.05) is 11.8 Å². The molecule has 1 heterocycles. The molecule has 0 amide bonds. The highest BCUT2D eigenvalue weighted by Crippen LogP contribution is 2.07. The molecule has 1 radical (unpaired) electrons. The molecule has 0 aliphatic carbocycles. The van der Waals surface area contributed by atoms with Crippen LogP contribution in [0.1, 0.15) is 18.6 Å². The number of H-pyrrole nitrogens is 1. The maximum Gasteiger partial charge on any atom is 0.118 e. The van der Waals surface area contributed by atoms with Crippen LogP contribution in [-0.4, -0.2) is 10.2 Å². The molecule has 8 heavy (non-hydrogen) atoms. The number of nitrogens with zero attached hydrogens (tertiary/aromatic N) is 1. The number of hydrogen-bond acceptors (Lipinski definition) is 1. The highest BCUT2D eigenvalue weighted by atomic mass is 16.3. The van der Waals surface area contributed by atoms with E-state index in [1.54, 1.807) is 13.1 Å². The van der Waals surface area contributed by atoms with E-state index >= 15 is 0 Å². The molecule has 1 rings (SSSR count). The molecular formula is C5H7N2O. The lowest BCUT2D eigenvalue weighted by molar-refractivity contribution is 0.106. The molecule has 1 atom stereocenters. The molecule has 0 saturated heterocycles. The zero-order chi connectivity index (χ0) is 5.98. The van der Waals surface area contributed by atoms with E-state index in [1.165, 1.54) is 6.20 Å². The van der Waals surface area contributed by atoms with E-state index in [9.17, 15) is 5.11 Å². The van der Waals surface area contributed by atoms with E-state index in [-0.39, 0.29) is 0 Å². The van der Waals surface area contributed by atoms with Gasteiger partial charge in [0.2, 0.25) is 0 Å². The average molecular weight is 111 g/mol. The van der Waals surface area contributed by atoms with Gasteiger partial charge in [-0.05, 0) is 6.92 Å². The number of hydrogen-bond donors (Lipinski definition) is 1. The van der Waals surface area contributed by atoms with E-state index in [0.717, 1.165) is 0 Å². The van der Waals surface area contributed by atoms with Crippen molar-refractivity contribution in [3.05, 3.63) is 18.0 Å². The summed E-state index contributed by atoms with van der Waals surface area (Å²) in [6.45, 7) is 1.59. The second kappa shape index (κ2) is 1.96. The predicted octanol–water partition coefficient (Wildman–Crippen LogP) is 0.901. The predicted molar refractivity (Wildman–Crippen MR) is 27.7 cm³/mol. The monoisotopic (exact) mass is 111 g/mol. The molecule has 3 nitrogen and oxygen atoms in total. The van der Waals surface area contributed by atoms with Gasteiger partial charge in [0.25, 0.3) is 0 Å². The minimum Gasteiger partial charge on any atom is -0.285 e. The van der Waals surface area contributed by atoms with E-state index in [1.807, 2.05) is 0 Å². The molecule has 1 unspecified atom stereocenters. The molecular weight excluding hydrogens is 104 g/mol. The zero-order valence-electron chi connectivity index (χ0n) is 4.59. The lowest BCUT2D eigenvalue weighted by atomic mass is 10.2. The van der Waals surface area contributed by atoms with Crippen LogP contribution in [0.2, 0.25) is 0 Å². The Morgan fingerprint density at radius 1 is 1.88 bits per heavy atom. The second-order valence-electron chi connectivity index (χ2n) is 1.67. The van der Waals surface area contributed by atoms with Crippen molar-refractivity contribution in [1.29, 1.82) is 0 Å². The number of aromatic nitrogens is 2. The Bertz CT molecular complexity index is 145. The molecule has 0 aromatic carbocycles. The van der Waals surface area contributed by atoms with Crippen LogP contribution in [0.25, 0.3) is 0 Å². The fourth-order valence-electron chi connectivity index (χ4n) is 0.483. The zero-order valence-corrected chi connectivity index (χ0v) is 4.59. The Balaban J connectivity index is 2.77. The lowest BCUT2D eigenvalue weighted by Gasteiger charge is -1.90. The van der Waals surface area contributed by atoms with Crippen molar-refractivity contribution in [3.63, 3.8) is 0 Å². The van der Waals surface area contributed by atoms with Crippen molar-refractivity contribution in [2.75, 3.05) is 0 Å². The first-order valence-corrected chi connectivity index (χ1v) is 2.45. The fourth-order valence-corrected chi connectivity index (χ4v) is 0.483. The van der Waals surface area contributed by atoms with Crippen molar-refractivity contribution in [2.45, 2.75) is 13.0 Å². The van der Waals surface area contributed by atoms with Crippen LogP contribution < -0.4 is 0 Å². The van der Waals surface area contributed by atoms with Crippen molar-refractivity contribution in [2.24, 2.45) is 0 Å². The third-order valence-corrected chi connectivity index (χ3v) is 0.989. The first kappa shape index (κ1) is 5.31. The lowest BCUT2D eigenvalue weighted by Crippen LogP contribution is -1.82. The smallest absolute Gasteiger partial charge is 0.118 e. The van der Waals surface area contributed by atoms with E-state index in [4.69, 9.17) is 0 Å². The number of nitrogens with one attached hydrogen (secondary N) is 1. The van der Waals surface area contributed by atoms with Gasteiger partial charge in [0.1, 0.15) is 6.10 Å². The molecule has 0 spiro atoms. The van der Waals surface area contributed by atoms with Gasteiger partial charge in [0.05, 0.1) is 6.20 Å². The first-order valence-electron chi connectivity index (χ1n) is 2.45. The number of rotatable bonds is 1. The summed E-state index contributed by atoms with van der Waals surface area (Å²) in [5.74, 6) is 0. The SMILES string of the molecule is CC([O])c1cn[nH]c1. The molecule has 0 fully saturated rings. The summed E-state index contributed by atoms with van der Waals surface area (Å²) in [5, 5.41) is 16.7. The summed E-state index contributed by atoms with van der Waals surface area (Å²) in [6, 6.07) is 0. The minimum absolute atomic E-state index is 0.659. The van der Waals surface area contributed by atoms with Crippen LogP contribution in [-0.2, 0) is 5.11 Å². The topological polar surface area (TPSA) is 48.6 Å². The Hall–Kier alpha value is -0.830. The number of aromatic amines is 1. The van der Waals surface area contributed by atoms with Gasteiger partial charge in [-0.25, -0.2) is 5.11 Å². The van der Waals surface area contributed by atoms with Gasteiger partial charge in [-0.2, -0.15) is 5.10 Å². The van der Waals surface area contributed by atoms with Gasteiger partial charge in [-0.3, -0.25) is 5.10 Å². The van der Waals surface area contributed by atoms with E-state index in [0.29, 0.717) is 5.56 Å². The maximum atomic E-state index is 10.5.